The van der Waals surface area contributed by atoms with Gasteiger partial charge in [-0.3, -0.25) is 14.4 Å². The minimum absolute atomic E-state index is 0.0621. The Kier molecular flexibility index (Phi) is 7.66. The van der Waals surface area contributed by atoms with Crippen LogP contribution < -0.4 is 10.6 Å². The maximum absolute atomic E-state index is 12.3. The second kappa shape index (κ2) is 9.74. The molecule has 0 radical (unpaired) electrons. The summed E-state index contributed by atoms with van der Waals surface area (Å²) in [5.41, 5.74) is 0.349. The van der Waals surface area contributed by atoms with Crippen molar-refractivity contribution in [1.29, 1.82) is 0 Å². The molecule has 1 saturated heterocycles. The third-order valence-corrected chi connectivity index (χ3v) is 5.44. The average molecular weight is 394 g/mol. The van der Waals surface area contributed by atoms with Crippen molar-refractivity contribution in [2.75, 3.05) is 19.6 Å². The zero-order valence-corrected chi connectivity index (χ0v) is 16.9. The Morgan fingerprint density at radius 3 is 2.37 bits per heavy atom. The van der Waals surface area contributed by atoms with Gasteiger partial charge >= 0.3 is 0 Å². The molecule has 1 fully saturated rings. The molecule has 3 amide bonds. The molecule has 1 atom stereocenters. The molecule has 6 nitrogen and oxygen atoms in total. The van der Waals surface area contributed by atoms with Gasteiger partial charge in [0.1, 0.15) is 0 Å². The molecule has 1 aromatic rings. The molecule has 0 aromatic heterocycles. The maximum Gasteiger partial charge on any atom is 0.253 e. The van der Waals surface area contributed by atoms with Crippen molar-refractivity contribution in [3.05, 3.63) is 34.9 Å². The molecular formula is C20H28ClN3O3. The van der Waals surface area contributed by atoms with Gasteiger partial charge < -0.3 is 15.5 Å². The van der Waals surface area contributed by atoms with Crippen LogP contribution in [0.4, 0.5) is 0 Å². The number of hydrogen-bond acceptors (Lipinski definition) is 3. The Bertz CT molecular complexity index is 685. The number of hydrogen-bond donors (Lipinski definition) is 2. The third kappa shape index (κ3) is 5.96. The lowest BCUT2D eigenvalue weighted by Gasteiger charge is -2.32. The van der Waals surface area contributed by atoms with Gasteiger partial charge in [0, 0.05) is 25.0 Å². The van der Waals surface area contributed by atoms with E-state index in [1.165, 1.54) is 0 Å². The van der Waals surface area contributed by atoms with Crippen LogP contribution in [0.5, 0.6) is 0 Å². The summed E-state index contributed by atoms with van der Waals surface area (Å²) in [7, 11) is 0. The predicted molar refractivity (Wildman–Crippen MR) is 106 cm³/mol. The molecule has 2 N–H and O–H groups in total. The molecule has 2 rings (SSSR count). The standard InChI is InChI=1S/C20H28ClN3O3/c1-13(2)14(3)23-19(26)15-8-10-24(11-9-15)18(25)12-22-20(27)16-6-4-5-7-17(16)21/h4-7,13-15H,8-12H2,1-3H3,(H,22,27)(H,23,26). The van der Waals surface area contributed by atoms with Crippen molar-refractivity contribution in [2.45, 2.75) is 39.7 Å². The van der Waals surface area contributed by atoms with Crippen LogP contribution in [0.25, 0.3) is 0 Å². The van der Waals surface area contributed by atoms with Gasteiger partial charge in [-0.15, -0.1) is 0 Å². The Morgan fingerprint density at radius 2 is 1.78 bits per heavy atom. The van der Waals surface area contributed by atoms with E-state index >= 15 is 0 Å². The minimum atomic E-state index is -0.370. The molecule has 148 valence electrons. The number of amides is 3. The van der Waals surface area contributed by atoms with Crippen LogP contribution in [0.15, 0.2) is 24.3 Å². The molecule has 7 heteroatoms. The first-order chi connectivity index (χ1) is 12.8. The van der Waals surface area contributed by atoms with Gasteiger partial charge in [0.15, 0.2) is 0 Å². The van der Waals surface area contributed by atoms with Crippen LogP contribution in [0.1, 0.15) is 44.0 Å². The van der Waals surface area contributed by atoms with Crippen molar-refractivity contribution < 1.29 is 14.4 Å². The number of carbonyl (C=O) groups is 3. The van der Waals surface area contributed by atoms with Crippen LogP contribution in [0.2, 0.25) is 5.02 Å². The van der Waals surface area contributed by atoms with Crippen LogP contribution >= 0.6 is 11.6 Å². The Balaban J connectivity index is 1.77. The van der Waals surface area contributed by atoms with E-state index in [-0.39, 0.29) is 36.2 Å². The van der Waals surface area contributed by atoms with Crippen molar-refractivity contribution in [3.8, 4) is 0 Å². The first-order valence-electron chi connectivity index (χ1n) is 9.40. The second-order valence-corrected chi connectivity index (χ2v) is 7.77. The lowest BCUT2D eigenvalue weighted by atomic mass is 9.94. The highest BCUT2D eigenvalue weighted by Gasteiger charge is 2.28. The topological polar surface area (TPSA) is 78.5 Å². The molecule has 1 heterocycles. The summed E-state index contributed by atoms with van der Waals surface area (Å²) < 4.78 is 0. The van der Waals surface area contributed by atoms with Crippen molar-refractivity contribution >= 4 is 29.3 Å². The van der Waals surface area contributed by atoms with E-state index in [4.69, 9.17) is 11.6 Å². The van der Waals surface area contributed by atoms with E-state index in [9.17, 15) is 14.4 Å². The highest BCUT2D eigenvalue weighted by Crippen LogP contribution is 2.18. The van der Waals surface area contributed by atoms with E-state index in [1.54, 1.807) is 29.2 Å². The normalized spacial score (nSPS) is 16.1. The zero-order chi connectivity index (χ0) is 20.0. The van der Waals surface area contributed by atoms with Gasteiger partial charge in [0.05, 0.1) is 17.1 Å². The van der Waals surface area contributed by atoms with Gasteiger partial charge in [0.25, 0.3) is 5.91 Å². The Hall–Kier alpha value is -2.08. The van der Waals surface area contributed by atoms with Crippen LogP contribution in [0.3, 0.4) is 0 Å². The molecule has 27 heavy (non-hydrogen) atoms. The Labute approximate surface area is 165 Å². The lowest BCUT2D eigenvalue weighted by molar-refractivity contribution is -0.135. The quantitative estimate of drug-likeness (QED) is 0.779. The number of rotatable bonds is 6. The molecule has 1 unspecified atom stereocenters. The van der Waals surface area contributed by atoms with Crippen molar-refractivity contribution in [1.82, 2.24) is 15.5 Å². The van der Waals surface area contributed by atoms with Gasteiger partial charge in [-0.1, -0.05) is 37.6 Å². The average Bonchev–Trinajstić information content (AvgIpc) is 2.66. The van der Waals surface area contributed by atoms with Gasteiger partial charge in [-0.25, -0.2) is 0 Å². The number of benzene rings is 1. The van der Waals surface area contributed by atoms with Gasteiger partial charge in [0.2, 0.25) is 11.8 Å². The summed E-state index contributed by atoms with van der Waals surface area (Å²) in [6, 6.07) is 6.85. The highest BCUT2D eigenvalue weighted by molar-refractivity contribution is 6.33. The monoisotopic (exact) mass is 393 g/mol. The molecule has 1 aliphatic heterocycles. The van der Waals surface area contributed by atoms with Gasteiger partial charge in [-0.05, 0) is 37.8 Å². The van der Waals surface area contributed by atoms with Crippen molar-refractivity contribution in [3.63, 3.8) is 0 Å². The number of piperidine rings is 1. The highest BCUT2D eigenvalue weighted by atomic mass is 35.5. The number of carbonyl (C=O) groups excluding carboxylic acids is 3. The van der Waals surface area contributed by atoms with Crippen LogP contribution in [-0.2, 0) is 9.59 Å². The number of nitrogens with one attached hydrogen (secondary N) is 2. The number of halogens is 1. The van der Waals surface area contributed by atoms with Crippen LogP contribution in [0, 0.1) is 11.8 Å². The van der Waals surface area contributed by atoms with E-state index in [1.807, 2.05) is 6.92 Å². The predicted octanol–water partition coefficient (Wildman–Crippen LogP) is 2.47. The largest absolute Gasteiger partial charge is 0.353 e. The second-order valence-electron chi connectivity index (χ2n) is 7.36. The smallest absolute Gasteiger partial charge is 0.253 e. The summed E-state index contributed by atoms with van der Waals surface area (Å²) in [5.74, 6) is -0.128. The first kappa shape index (κ1) is 21.2. The number of nitrogens with zero attached hydrogens (tertiary/aromatic N) is 1. The van der Waals surface area contributed by atoms with Crippen molar-refractivity contribution in [2.24, 2.45) is 11.8 Å². The molecular weight excluding hydrogens is 366 g/mol. The zero-order valence-electron chi connectivity index (χ0n) is 16.1. The third-order valence-electron chi connectivity index (χ3n) is 5.11. The molecule has 1 aromatic carbocycles. The number of likely N-dealkylation sites (tertiary alicyclic amines) is 1. The fourth-order valence-electron chi connectivity index (χ4n) is 2.91. The summed E-state index contributed by atoms with van der Waals surface area (Å²) in [6.07, 6.45) is 1.28. The molecule has 0 aliphatic carbocycles. The summed E-state index contributed by atoms with van der Waals surface area (Å²) in [4.78, 5) is 38.5. The maximum atomic E-state index is 12.3. The van der Waals surface area contributed by atoms with Crippen LogP contribution in [-0.4, -0.2) is 48.3 Å². The fourth-order valence-corrected chi connectivity index (χ4v) is 3.13. The summed E-state index contributed by atoms with van der Waals surface area (Å²) >= 11 is 5.99. The summed E-state index contributed by atoms with van der Waals surface area (Å²) in [5, 5.41) is 6.01. The molecule has 0 spiro atoms. The minimum Gasteiger partial charge on any atom is -0.353 e. The van der Waals surface area contributed by atoms with E-state index in [0.29, 0.717) is 42.4 Å². The SMILES string of the molecule is CC(C)C(C)NC(=O)C1CCN(C(=O)CNC(=O)c2ccccc2Cl)CC1. The fraction of sp³-hybridized carbons (Fsp3) is 0.550. The first-order valence-corrected chi connectivity index (χ1v) is 9.78. The molecule has 1 aliphatic rings. The summed E-state index contributed by atoms with van der Waals surface area (Å²) in [6.45, 7) is 7.12. The van der Waals surface area contributed by atoms with Gasteiger partial charge in [-0.2, -0.15) is 0 Å². The molecule has 0 saturated carbocycles. The molecule has 0 bridgehead atoms. The van der Waals surface area contributed by atoms with E-state index in [2.05, 4.69) is 24.5 Å². The lowest BCUT2D eigenvalue weighted by Crippen LogP contribution is -2.47. The van der Waals surface area contributed by atoms with E-state index < -0.39 is 0 Å². The van der Waals surface area contributed by atoms with E-state index in [0.717, 1.165) is 0 Å². The Morgan fingerprint density at radius 1 is 1.15 bits per heavy atom.